The molecular formula is C17H21ClN2. The largest absolute Gasteiger partial charge is 0.399 e. The van der Waals surface area contributed by atoms with E-state index in [1.54, 1.807) is 0 Å². The molecule has 1 aliphatic heterocycles. The average Bonchev–Trinajstić information content (AvgIpc) is 2.88. The fourth-order valence-electron chi connectivity index (χ4n) is 2.99. The van der Waals surface area contributed by atoms with Gasteiger partial charge in [0, 0.05) is 18.3 Å². The molecule has 2 aromatic carbocycles. The molecule has 3 rings (SSSR count). The van der Waals surface area contributed by atoms with Gasteiger partial charge >= 0.3 is 0 Å². The lowest BCUT2D eigenvalue weighted by atomic mass is 10.0. The average molecular weight is 289 g/mol. The molecule has 1 unspecified atom stereocenters. The molecule has 1 aliphatic rings. The molecule has 1 heterocycles. The van der Waals surface area contributed by atoms with Gasteiger partial charge in [0.15, 0.2) is 0 Å². The topological polar surface area (TPSA) is 29.3 Å². The Bertz CT molecular complexity index is 542. The Hall–Kier alpha value is -1.51. The Balaban J connectivity index is 0.00000147. The van der Waals surface area contributed by atoms with E-state index in [1.807, 2.05) is 12.1 Å². The van der Waals surface area contributed by atoms with Crippen LogP contribution in [0, 0.1) is 0 Å². The minimum atomic E-state index is 0. The van der Waals surface area contributed by atoms with Crippen molar-refractivity contribution in [1.82, 2.24) is 4.90 Å². The molecule has 0 spiro atoms. The summed E-state index contributed by atoms with van der Waals surface area (Å²) in [5.74, 6) is 0. The standard InChI is InChI=1S/C17H20N2.ClH/c18-16-9-4-6-14(12-16)13-19-11-5-10-17(19)15-7-2-1-3-8-15;/h1-4,6-9,12,17H,5,10-11,13,18H2;1H. The number of nitrogen functional groups attached to an aromatic ring is 1. The van der Waals surface area contributed by atoms with Gasteiger partial charge in [-0.1, -0.05) is 42.5 Å². The highest BCUT2D eigenvalue weighted by molar-refractivity contribution is 5.85. The van der Waals surface area contributed by atoms with E-state index in [9.17, 15) is 0 Å². The predicted octanol–water partition coefficient (Wildman–Crippen LogP) is 4.03. The van der Waals surface area contributed by atoms with E-state index in [-0.39, 0.29) is 12.4 Å². The van der Waals surface area contributed by atoms with Crippen molar-refractivity contribution >= 4 is 18.1 Å². The van der Waals surface area contributed by atoms with Crippen molar-refractivity contribution in [2.75, 3.05) is 12.3 Å². The summed E-state index contributed by atoms with van der Waals surface area (Å²) in [4.78, 5) is 2.56. The Morgan fingerprint density at radius 3 is 2.60 bits per heavy atom. The van der Waals surface area contributed by atoms with Crippen LogP contribution in [-0.2, 0) is 6.54 Å². The Morgan fingerprint density at radius 2 is 1.85 bits per heavy atom. The second-order valence-electron chi connectivity index (χ2n) is 5.28. The van der Waals surface area contributed by atoms with Crippen LogP contribution in [-0.4, -0.2) is 11.4 Å². The van der Waals surface area contributed by atoms with Crippen molar-refractivity contribution in [3.63, 3.8) is 0 Å². The van der Waals surface area contributed by atoms with Crippen molar-refractivity contribution in [3.8, 4) is 0 Å². The normalized spacial score (nSPS) is 18.7. The summed E-state index contributed by atoms with van der Waals surface area (Å²) in [5.41, 5.74) is 9.46. The molecule has 0 aromatic heterocycles. The van der Waals surface area contributed by atoms with Gasteiger partial charge in [-0.2, -0.15) is 0 Å². The second-order valence-corrected chi connectivity index (χ2v) is 5.28. The molecule has 2 aromatic rings. The van der Waals surface area contributed by atoms with Gasteiger partial charge in [-0.3, -0.25) is 4.90 Å². The molecule has 1 atom stereocenters. The highest BCUT2D eigenvalue weighted by Crippen LogP contribution is 2.33. The number of benzene rings is 2. The first-order chi connectivity index (χ1) is 9.33. The second kappa shape index (κ2) is 6.78. The molecule has 20 heavy (non-hydrogen) atoms. The third-order valence-electron chi connectivity index (χ3n) is 3.88. The predicted molar refractivity (Wildman–Crippen MR) is 86.9 cm³/mol. The summed E-state index contributed by atoms with van der Waals surface area (Å²) in [6.07, 6.45) is 2.54. The van der Waals surface area contributed by atoms with Crippen molar-refractivity contribution in [1.29, 1.82) is 0 Å². The lowest BCUT2D eigenvalue weighted by Gasteiger charge is -2.25. The number of nitrogens with zero attached hydrogens (tertiary/aromatic N) is 1. The Morgan fingerprint density at radius 1 is 1.05 bits per heavy atom. The maximum absolute atomic E-state index is 5.86. The summed E-state index contributed by atoms with van der Waals surface area (Å²) < 4.78 is 0. The minimum Gasteiger partial charge on any atom is -0.399 e. The maximum Gasteiger partial charge on any atom is 0.0352 e. The smallest absolute Gasteiger partial charge is 0.0352 e. The first-order valence-corrected chi connectivity index (χ1v) is 6.96. The summed E-state index contributed by atoms with van der Waals surface area (Å²) >= 11 is 0. The van der Waals surface area contributed by atoms with Gasteiger partial charge in [-0.25, -0.2) is 0 Å². The summed E-state index contributed by atoms with van der Waals surface area (Å²) in [6.45, 7) is 2.17. The number of halogens is 1. The lowest BCUT2D eigenvalue weighted by Crippen LogP contribution is -2.22. The highest BCUT2D eigenvalue weighted by Gasteiger charge is 2.25. The van der Waals surface area contributed by atoms with Crippen LogP contribution in [0.15, 0.2) is 54.6 Å². The number of likely N-dealkylation sites (tertiary alicyclic amines) is 1. The van der Waals surface area contributed by atoms with Gasteiger partial charge in [0.05, 0.1) is 0 Å². The van der Waals surface area contributed by atoms with Crippen LogP contribution in [0.4, 0.5) is 5.69 Å². The first kappa shape index (κ1) is 14.9. The van der Waals surface area contributed by atoms with E-state index >= 15 is 0 Å². The summed E-state index contributed by atoms with van der Waals surface area (Å²) in [7, 11) is 0. The third-order valence-corrected chi connectivity index (χ3v) is 3.88. The molecule has 0 saturated carbocycles. The van der Waals surface area contributed by atoms with Crippen LogP contribution >= 0.6 is 12.4 Å². The minimum absolute atomic E-state index is 0. The molecule has 1 saturated heterocycles. The zero-order chi connectivity index (χ0) is 13.1. The van der Waals surface area contributed by atoms with Crippen LogP contribution in [0.5, 0.6) is 0 Å². The highest BCUT2D eigenvalue weighted by atomic mass is 35.5. The molecule has 3 heteroatoms. The Labute approximate surface area is 127 Å². The summed E-state index contributed by atoms with van der Waals surface area (Å²) in [5, 5.41) is 0. The fourth-order valence-corrected chi connectivity index (χ4v) is 2.99. The van der Waals surface area contributed by atoms with E-state index in [0.29, 0.717) is 6.04 Å². The Kier molecular flexibility index (Phi) is 5.05. The molecule has 1 fully saturated rings. The van der Waals surface area contributed by atoms with Crippen LogP contribution in [0.25, 0.3) is 0 Å². The molecule has 2 N–H and O–H groups in total. The van der Waals surface area contributed by atoms with Crippen molar-refractivity contribution in [2.24, 2.45) is 0 Å². The molecule has 0 aliphatic carbocycles. The first-order valence-electron chi connectivity index (χ1n) is 6.96. The lowest BCUT2D eigenvalue weighted by molar-refractivity contribution is 0.248. The number of nitrogens with two attached hydrogens (primary N) is 1. The van der Waals surface area contributed by atoms with Crippen molar-refractivity contribution in [2.45, 2.75) is 25.4 Å². The monoisotopic (exact) mass is 288 g/mol. The number of hydrogen-bond donors (Lipinski definition) is 1. The van der Waals surface area contributed by atoms with Crippen LogP contribution in [0.2, 0.25) is 0 Å². The van der Waals surface area contributed by atoms with E-state index in [4.69, 9.17) is 5.73 Å². The molecule has 0 radical (unpaired) electrons. The number of anilines is 1. The van der Waals surface area contributed by atoms with Gasteiger partial charge in [0.25, 0.3) is 0 Å². The zero-order valence-corrected chi connectivity index (χ0v) is 12.4. The fraction of sp³-hybridized carbons (Fsp3) is 0.294. The molecular weight excluding hydrogens is 268 g/mol. The van der Waals surface area contributed by atoms with E-state index in [1.165, 1.54) is 30.5 Å². The van der Waals surface area contributed by atoms with Crippen molar-refractivity contribution < 1.29 is 0 Å². The maximum atomic E-state index is 5.86. The van der Waals surface area contributed by atoms with Gasteiger partial charge < -0.3 is 5.73 Å². The molecule has 0 amide bonds. The van der Waals surface area contributed by atoms with Gasteiger partial charge in [-0.15, -0.1) is 12.4 Å². The van der Waals surface area contributed by atoms with Gasteiger partial charge in [-0.05, 0) is 42.6 Å². The van der Waals surface area contributed by atoms with Crippen LogP contribution in [0.1, 0.15) is 30.0 Å². The van der Waals surface area contributed by atoms with E-state index in [0.717, 1.165) is 12.2 Å². The molecule has 106 valence electrons. The zero-order valence-electron chi connectivity index (χ0n) is 11.5. The summed E-state index contributed by atoms with van der Waals surface area (Å²) in [6, 6.07) is 19.6. The van der Waals surface area contributed by atoms with E-state index in [2.05, 4.69) is 47.4 Å². The number of hydrogen-bond acceptors (Lipinski definition) is 2. The van der Waals surface area contributed by atoms with Gasteiger partial charge in [0.2, 0.25) is 0 Å². The van der Waals surface area contributed by atoms with Crippen LogP contribution < -0.4 is 5.73 Å². The van der Waals surface area contributed by atoms with E-state index < -0.39 is 0 Å². The van der Waals surface area contributed by atoms with Gasteiger partial charge in [0.1, 0.15) is 0 Å². The quantitative estimate of drug-likeness (QED) is 0.864. The molecule has 2 nitrogen and oxygen atoms in total. The van der Waals surface area contributed by atoms with Crippen molar-refractivity contribution in [3.05, 3.63) is 65.7 Å². The number of rotatable bonds is 3. The molecule has 0 bridgehead atoms. The van der Waals surface area contributed by atoms with Crippen LogP contribution in [0.3, 0.4) is 0 Å². The SMILES string of the molecule is Cl.Nc1cccc(CN2CCCC2c2ccccc2)c1. The third kappa shape index (κ3) is 3.33.